The highest BCUT2D eigenvalue weighted by atomic mass is 19.3. The molecule has 0 aliphatic rings. The van der Waals surface area contributed by atoms with Crippen molar-refractivity contribution in [3.8, 4) is 5.75 Å². The number of ether oxygens (including phenoxy) is 1. The number of aldehydes is 1. The predicted octanol–water partition coefficient (Wildman–Crippen LogP) is 1.42. The van der Waals surface area contributed by atoms with Crippen LogP contribution in [0.2, 0.25) is 0 Å². The number of nitrogens with two attached hydrogens (primary N) is 1. The summed E-state index contributed by atoms with van der Waals surface area (Å²) in [6.45, 7) is 0. The standard InChI is InChI=1S/C8H8F2N2O2/c1-14-6-4(3-13)2-5(7(9)10)12-8(6)11/h2-3,7H,1H3,(H2,11,12). The van der Waals surface area contributed by atoms with Crippen molar-refractivity contribution >= 4 is 12.1 Å². The number of carbonyl (C=O) groups is 1. The van der Waals surface area contributed by atoms with Gasteiger partial charge in [-0.25, -0.2) is 13.8 Å². The molecule has 0 unspecified atom stereocenters. The van der Waals surface area contributed by atoms with Crippen molar-refractivity contribution in [3.05, 3.63) is 17.3 Å². The number of hydrogen-bond acceptors (Lipinski definition) is 4. The number of carbonyl (C=O) groups excluding carboxylic acids is 1. The van der Waals surface area contributed by atoms with Gasteiger partial charge in [-0.1, -0.05) is 0 Å². The molecule has 0 amide bonds. The molecule has 0 spiro atoms. The van der Waals surface area contributed by atoms with Gasteiger partial charge in [-0.2, -0.15) is 0 Å². The van der Waals surface area contributed by atoms with Crippen LogP contribution in [0.5, 0.6) is 5.75 Å². The van der Waals surface area contributed by atoms with Crippen LogP contribution in [0, 0.1) is 0 Å². The fraction of sp³-hybridized carbons (Fsp3) is 0.250. The lowest BCUT2D eigenvalue weighted by atomic mass is 10.2. The van der Waals surface area contributed by atoms with Gasteiger partial charge in [0.25, 0.3) is 6.43 Å². The number of nitrogen functional groups attached to an aromatic ring is 1. The van der Waals surface area contributed by atoms with Crippen molar-refractivity contribution in [2.24, 2.45) is 0 Å². The minimum Gasteiger partial charge on any atom is -0.492 e. The first kappa shape index (κ1) is 10.4. The van der Waals surface area contributed by atoms with E-state index in [4.69, 9.17) is 10.5 Å². The first-order valence-electron chi connectivity index (χ1n) is 3.68. The van der Waals surface area contributed by atoms with Crippen LogP contribution in [0.1, 0.15) is 22.5 Å². The molecular formula is C8H8F2N2O2. The van der Waals surface area contributed by atoms with E-state index in [1.54, 1.807) is 0 Å². The molecule has 76 valence electrons. The van der Waals surface area contributed by atoms with Gasteiger partial charge in [-0.3, -0.25) is 4.79 Å². The Labute approximate surface area is 78.7 Å². The lowest BCUT2D eigenvalue weighted by Crippen LogP contribution is -2.03. The molecule has 14 heavy (non-hydrogen) atoms. The van der Waals surface area contributed by atoms with Crippen molar-refractivity contribution in [2.75, 3.05) is 12.8 Å². The van der Waals surface area contributed by atoms with Gasteiger partial charge in [0.1, 0.15) is 5.69 Å². The number of methoxy groups -OCH3 is 1. The summed E-state index contributed by atoms with van der Waals surface area (Å²) in [5.41, 5.74) is 4.75. The van der Waals surface area contributed by atoms with Crippen molar-refractivity contribution in [1.29, 1.82) is 0 Å². The molecule has 0 bridgehead atoms. The Hall–Kier alpha value is -1.72. The quantitative estimate of drug-likeness (QED) is 0.753. The Morgan fingerprint density at radius 3 is 2.71 bits per heavy atom. The van der Waals surface area contributed by atoms with Crippen LogP contribution in [0.3, 0.4) is 0 Å². The highest BCUT2D eigenvalue weighted by molar-refractivity contribution is 5.82. The maximum atomic E-state index is 12.2. The summed E-state index contributed by atoms with van der Waals surface area (Å²) in [7, 11) is 1.28. The molecule has 1 heterocycles. The molecule has 0 aromatic carbocycles. The lowest BCUT2D eigenvalue weighted by Gasteiger charge is -2.08. The molecule has 0 aliphatic carbocycles. The smallest absolute Gasteiger partial charge is 0.280 e. The van der Waals surface area contributed by atoms with Gasteiger partial charge in [0.2, 0.25) is 0 Å². The number of rotatable bonds is 3. The summed E-state index contributed by atoms with van der Waals surface area (Å²) in [6.07, 6.45) is -2.37. The van der Waals surface area contributed by atoms with E-state index in [1.807, 2.05) is 0 Å². The molecule has 0 saturated heterocycles. The van der Waals surface area contributed by atoms with Crippen molar-refractivity contribution in [3.63, 3.8) is 0 Å². The minimum absolute atomic E-state index is 0.0180. The average Bonchev–Trinajstić information content (AvgIpc) is 2.16. The zero-order valence-corrected chi connectivity index (χ0v) is 7.33. The third-order valence-electron chi connectivity index (χ3n) is 1.60. The molecule has 0 atom stereocenters. The Kier molecular flexibility index (Phi) is 2.95. The molecule has 6 heteroatoms. The van der Waals surface area contributed by atoms with Gasteiger partial charge in [0, 0.05) is 0 Å². The maximum absolute atomic E-state index is 12.2. The molecule has 0 fully saturated rings. The first-order valence-corrected chi connectivity index (χ1v) is 3.68. The number of nitrogens with zero attached hydrogens (tertiary/aromatic N) is 1. The zero-order valence-electron chi connectivity index (χ0n) is 7.33. The number of anilines is 1. The molecule has 1 rings (SSSR count). The highest BCUT2D eigenvalue weighted by Crippen LogP contribution is 2.27. The second-order valence-corrected chi connectivity index (χ2v) is 2.47. The predicted molar refractivity (Wildman–Crippen MR) is 45.5 cm³/mol. The fourth-order valence-corrected chi connectivity index (χ4v) is 1.02. The van der Waals surface area contributed by atoms with E-state index in [-0.39, 0.29) is 17.1 Å². The van der Waals surface area contributed by atoms with Gasteiger partial charge in [0.15, 0.2) is 17.9 Å². The third kappa shape index (κ3) is 1.78. The Morgan fingerprint density at radius 1 is 1.64 bits per heavy atom. The molecule has 4 nitrogen and oxygen atoms in total. The van der Waals surface area contributed by atoms with E-state index in [1.165, 1.54) is 7.11 Å². The van der Waals surface area contributed by atoms with Crippen LogP contribution >= 0.6 is 0 Å². The molecule has 0 saturated carbocycles. The zero-order chi connectivity index (χ0) is 10.7. The summed E-state index contributed by atoms with van der Waals surface area (Å²) in [4.78, 5) is 13.9. The fourth-order valence-electron chi connectivity index (χ4n) is 1.02. The van der Waals surface area contributed by atoms with Gasteiger partial charge in [0.05, 0.1) is 12.7 Å². The summed E-state index contributed by atoms with van der Waals surface area (Å²) >= 11 is 0. The van der Waals surface area contributed by atoms with Gasteiger partial charge < -0.3 is 10.5 Å². The number of pyridine rings is 1. The monoisotopic (exact) mass is 202 g/mol. The van der Waals surface area contributed by atoms with Gasteiger partial charge in [-0.15, -0.1) is 0 Å². The third-order valence-corrected chi connectivity index (χ3v) is 1.60. The number of hydrogen-bond donors (Lipinski definition) is 1. The summed E-state index contributed by atoms with van der Waals surface area (Å²) in [5, 5.41) is 0. The molecule has 0 aliphatic heterocycles. The van der Waals surface area contributed by atoms with Gasteiger partial charge in [-0.05, 0) is 6.07 Å². The second-order valence-electron chi connectivity index (χ2n) is 2.47. The van der Waals surface area contributed by atoms with E-state index in [0.29, 0.717) is 6.29 Å². The number of alkyl halides is 2. The molecule has 0 radical (unpaired) electrons. The SMILES string of the molecule is COc1c(C=O)cc(C(F)F)nc1N. The Morgan fingerprint density at radius 2 is 2.29 bits per heavy atom. The van der Waals surface area contributed by atoms with Crippen LogP contribution < -0.4 is 10.5 Å². The number of halogens is 2. The lowest BCUT2D eigenvalue weighted by molar-refractivity contribution is 0.111. The Bertz CT molecular complexity index is 355. The van der Waals surface area contributed by atoms with Crippen molar-refractivity contribution in [2.45, 2.75) is 6.43 Å². The molecule has 1 aromatic rings. The topological polar surface area (TPSA) is 65.2 Å². The van der Waals surface area contributed by atoms with Crippen LogP contribution in [0.15, 0.2) is 6.07 Å². The van der Waals surface area contributed by atoms with E-state index < -0.39 is 12.1 Å². The first-order chi connectivity index (χ1) is 6.60. The average molecular weight is 202 g/mol. The Balaban J connectivity index is 3.31. The largest absolute Gasteiger partial charge is 0.492 e. The summed E-state index contributed by atoms with van der Waals surface area (Å²) in [5.74, 6) is -0.197. The second kappa shape index (κ2) is 3.99. The van der Waals surface area contributed by atoms with E-state index in [0.717, 1.165) is 6.07 Å². The van der Waals surface area contributed by atoms with Crippen LogP contribution in [-0.2, 0) is 0 Å². The normalized spacial score (nSPS) is 10.3. The van der Waals surface area contributed by atoms with E-state index >= 15 is 0 Å². The van der Waals surface area contributed by atoms with Crippen LogP contribution in [0.25, 0.3) is 0 Å². The summed E-state index contributed by atoms with van der Waals surface area (Å²) in [6, 6.07) is 0.951. The van der Waals surface area contributed by atoms with E-state index in [9.17, 15) is 13.6 Å². The van der Waals surface area contributed by atoms with E-state index in [2.05, 4.69) is 4.98 Å². The number of aromatic nitrogens is 1. The van der Waals surface area contributed by atoms with Crippen LogP contribution in [-0.4, -0.2) is 18.4 Å². The van der Waals surface area contributed by atoms with Crippen molar-refractivity contribution < 1.29 is 18.3 Å². The van der Waals surface area contributed by atoms with Crippen molar-refractivity contribution in [1.82, 2.24) is 4.98 Å². The molecule has 2 N–H and O–H groups in total. The minimum atomic E-state index is -2.76. The highest BCUT2D eigenvalue weighted by Gasteiger charge is 2.15. The molecule has 1 aromatic heterocycles. The summed E-state index contributed by atoms with van der Waals surface area (Å²) < 4.78 is 29.2. The maximum Gasteiger partial charge on any atom is 0.280 e. The van der Waals surface area contributed by atoms with Gasteiger partial charge >= 0.3 is 0 Å². The molecular weight excluding hydrogens is 194 g/mol. The van der Waals surface area contributed by atoms with Crippen LogP contribution in [0.4, 0.5) is 14.6 Å².